The fourth-order valence-electron chi connectivity index (χ4n) is 2.41. The quantitative estimate of drug-likeness (QED) is 0.924. The minimum atomic E-state index is -3.10. The van der Waals surface area contributed by atoms with Crippen molar-refractivity contribution in [1.82, 2.24) is 15.1 Å². The molecule has 0 radical (unpaired) electrons. The maximum absolute atomic E-state index is 12.4. The number of H-pyrrole nitrogens is 1. The lowest BCUT2D eigenvalue weighted by Gasteiger charge is -2.14. The lowest BCUT2D eigenvalue weighted by Crippen LogP contribution is -2.31. The highest BCUT2D eigenvalue weighted by Gasteiger charge is 2.33. The summed E-state index contributed by atoms with van der Waals surface area (Å²) in [4.78, 5) is 14.9. The largest absolute Gasteiger partial charge is 0.336 e. The normalized spacial score (nSPS) is 19.1. The highest BCUT2D eigenvalue weighted by molar-refractivity contribution is 7.91. The van der Waals surface area contributed by atoms with Gasteiger partial charge in [-0.3, -0.25) is 9.89 Å². The predicted molar refractivity (Wildman–Crippen MR) is 81.1 cm³/mol. The fraction of sp³-hybridized carbons (Fsp3) is 0.385. The number of aromatic nitrogens is 2. The Morgan fingerprint density at radius 1 is 1.52 bits per heavy atom. The average molecular weight is 325 g/mol. The van der Waals surface area contributed by atoms with Gasteiger partial charge in [-0.15, -0.1) is 11.3 Å². The minimum absolute atomic E-state index is 0.222. The zero-order chi connectivity index (χ0) is 15.0. The number of nitrogens with zero attached hydrogens (tertiary/aromatic N) is 2. The van der Waals surface area contributed by atoms with Crippen LogP contribution < -0.4 is 0 Å². The molecule has 6 nitrogen and oxygen atoms in total. The summed E-state index contributed by atoms with van der Waals surface area (Å²) < 4.78 is 23.1. The first-order valence-corrected chi connectivity index (χ1v) is 9.36. The van der Waals surface area contributed by atoms with Crippen molar-refractivity contribution < 1.29 is 13.2 Å². The smallest absolute Gasteiger partial charge is 0.274 e. The molecule has 1 saturated heterocycles. The van der Waals surface area contributed by atoms with Crippen LogP contribution in [0.25, 0.3) is 10.6 Å². The lowest BCUT2D eigenvalue weighted by molar-refractivity contribution is 0.0787. The van der Waals surface area contributed by atoms with E-state index < -0.39 is 15.1 Å². The van der Waals surface area contributed by atoms with E-state index in [-0.39, 0.29) is 12.5 Å². The number of thiophene rings is 1. The van der Waals surface area contributed by atoms with Crippen LogP contribution in [0.4, 0.5) is 0 Å². The molecule has 1 aliphatic rings. The average Bonchev–Trinajstić information content (AvgIpc) is 3.17. The molecule has 0 aliphatic carbocycles. The summed E-state index contributed by atoms with van der Waals surface area (Å²) >= 11 is 1.56. The van der Waals surface area contributed by atoms with Crippen LogP contribution in [0.1, 0.15) is 16.9 Å². The predicted octanol–water partition coefficient (Wildman–Crippen LogP) is 1.40. The number of hydrogen-bond acceptors (Lipinski definition) is 5. The number of carbonyl (C=O) groups is 1. The number of sulfone groups is 1. The molecule has 3 rings (SSSR count). The Labute approximate surface area is 126 Å². The first kappa shape index (κ1) is 14.3. The Balaban J connectivity index is 1.75. The lowest BCUT2D eigenvalue weighted by atomic mass is 10.3. The van der Waals surface area contributed by atoms with Crippen LogP contribution in [0.15, 0.2) is 23.6 Å². The van der Waals surface area contributed by atoms with Gasteiger partial charge in [0.05, 0.1) is 15.8 Å². The molecule has 8 heteroatoms. The van der Waals surface area contributed by atoms with Gasteiger partial charge in [0.25, 0.3) is 5.91 Å². The molecule has 1 unspecified atom stereocenters. The standard InChI is InChI=1S/C13H15N3O3S2/c1-21(18,19)9-4-5-16(8-9)13(17)11-7-10(14-15-11)12-3-2-6-20-12/h2-3,6-7,9H,4-5,8H2,1H3,(H,14,15). The van der Waals surface area contributed by atoms with E-state index in [4.69, 9.17) is 0 Å². The Bertz CT molecular complexity index is 749. The van der Waals surface area contributed by atoms with E-state index in [2.05, 4.69) is 10.2 Å². The second-order valence-electron chi connectivity index (χ2n) is 5.14. The molecule has 2 aromatic heterocycles. The van der Waals surface area contributed by atoms with E-state index in [1.54, 1.807) is 22.3 Å². The van der Waals surface area contributed by atoms with Crippen LogP contribution in [-0.4, -0.2) is 54.0 Å². The highest BCUT2D eigenvalue weighted by Crippen LogP contribution is 2.24. The van der Waals surface area contributed by atoms with Crippen molar-refractivity contribution in [3.63, 3.8) is 0 Å². The zero-order valence-corrected chi connectivity index (χ0v) is 13.1. The van der Waals surface area contributed by atoms with Crippen LogP contribution >= 0.6 is 11.3 Å². The Morgan fingerprint density at radius 2 is 2.33 bits per heavy atom. The summed E-state index contributed by atoms with van der Waals surface area (Å²) in [5.41, 5.74) is 1.12. The van der Waals surface area contributed by atoms with E-state index >= 15 is 0 Å². The third-order valence-corrected chi connectivity index (χ3v) is 6.12. The molecule has 0 saturated carbocycles. The second-order valence-corrected chi connectivity index (χ2v) is 8.41. The number of amides is 1. The SMILES string of the molecule is CS(=O)(=O)C1CCN(C(=O)c2cc(-c3cccs3)[nH]n2)C1. The van der Waals surface area contributed by atoms with Gasteiger partial charge in [0.1, 0.15) is 0 Å². The van der Waals surface area contributed by atoms with E-state index in [9.17, 15) is 13.2 Å². The Hall–Kier alpha value is -1.67. The number of carbonyl (C=O) groups excluding carboxylic acids is 1. The first-order chi connectivity index (χ1) is 9.95. The molecule has 21 heavy (non-hydrogen) atoms. The second kappa shape index (κ2) is 5.27. The van der Waals surface area contributed by atoms with Crippen molar-refractivity contribution in [2.24, 2.45) is 0 Å². The van der Waals surface area contributed by atoms with Gasteiger partial charge in [0, 0.05) is 19.3 Å². The van der Waals surface area contributed by atoms with Gasteiger partial charge in [-0.25, -0.2) is 8.42 Å². The van der Waals surface area contributed by atoms with Crippen LogP contribution in [0.2, 0.25) is 0 Å². The van der Waals surface area contributed by atoms with Crippen LogP contribution in [0.5, 0.6) is 0 Å². The molecule has 3 heterocycles. The zero-order valence-electron chi connectivity index (χ0n) is 11.4. The Kier molecular flexibility index (Phi) is 3.58. The Morgan fingerprint density at radius 3 is 2.95 bits per heavy atom. The molecule has 1 atom stereocenters. The third-order valence-electron chi connectivity index (χ3n) is 3.62. The van der Waals surface area contributed by atoms with Crippen molar-refractivity contribution in [2.75, 3.05) is 19.3 Å². The van der Waals surface area contributed by atoms with E-state index in [1.807, 2.05) is 17.5 Å². The van der Waals surface area contributed by atoms with Gasteiger partial charge in [0.2, 0.25) is 0 Å². The topological polar surface area (TPSA) is 83.1 Å². The molecule has 2 aromatic rings. The van der Waals surface area contributed by atoms with Crippen molar-refractivity contribution >= 4 is 27.1 Å². The first-order valence-electron chi connectivity index (χ1n) is 6.52. The van der Waals surface area contributed by atoms with Gasteiger partial charge in [0.15, 0.2) is 15.5 Å². The maximum atomic E-state index is 12.4. The van der Waals surface area contributed by atoms with Crippen LogP contribution in [-0.2, 0) is 9.84 Å². The molecule has 112 valence electrons. The van der Waals surface area contributed by atoms with Crippen LogP contribution in [0.3, 0.4) is 0 Å². The number of aromatic amines is 1. The summed E-state index contributed by atoms with van der Waals surface area (Å²) in [6.07, 6.45) is 1.71. The van der Waals surface area contributed by atoms with Crippen molar-refractivity contribution in [1.29, 1.82) is 0 Å². The maximum Gasteiger partial charge on any atom is 0.274 e. The molecule has 1 amide bonds. The fourth-order valence-corrected chi connectivity index (χ4v) is 4.09. The number of rotatable bonds is 3. The van der Waals surface area contributed by atoms with Crippen molar-refractivity contribution in [3.8, 4) is 10.6 Å². The summed E-state index contributed by atoms with van der Waals surface area (Å²) in [7, 11) is -3.10. The van der Waals surface area contributed by atoms with Gasteiger partial charge in [-0.2, -0.15) is 5.10 Å². The summed E-state index contributed by atoms with van der Waals surface area (Å²) in [6, 6.07) is 5.59. The molecule has 1 fully saturated rings. The van der Waals surface area contributed by atoms with E-state index in [0.29, 0.717) is 18.7 Å². The minimum Gasteiger partial charge on any atom is -0.336 e. The number of likely N-dealkylation sites (tertiary alicyclic amines) is 1. The summed E-state index contributed by atoms with van der Waals surface area (Å²) in [6.45, 7) is 0.705. The monoisotopic (exact) mass is 325 g/mol. The van der Waals surface area contributed by atoms with Crippen LogP contribution in [0, 0.1) is 0 Å². The van der Waals surface area contributed by atoms with E-state index in [0.717, 1.165) is 10.6 Å². The molecule has 0 aromatic carbocycles. The summed E-state index contributed by atoms with van der Waals surface area (Å²) in [5, 5.41) is 8.39. The van der Waals surface area contributed by atoms with Crippen molar-refractivity contribution in [2.45, 2.75) is 11.7 Å². The van der Waals surface area contributed by atoms with Gasteiger partial charge in [-0.05, 0) is 23.9 Å². The van der Waals surface area contributed by atoms with Crippen molar-refractivity contribution in [3.05, 3.63) is 29.3 Å². The van der Waals surface area contributed by atoms with Gasteiger partial charge in [-0.1, -0.05) is 6.07 Å². The molecular formula is C13H15N3O3S2. The molecule has 1 aliphatic heterocycles. The summed E-state index contributed by atoms with van der Waals surface area (Å²) in [5.74, 6) is -0.222. The molecule has 1 N–H and O–H groups in total. The van der Waals surface area contributed by atoms with Gasteiger partial charge < -0.3 is 4.90 Å². The molecule has 0 bridgehead atoms. The molecule has 0 spiro atoms. The molecular weight excluding hydrogens is 310 g/mol. The third kappa shape index (κ3) is 2.86. The van der Waals surface area contributed by atoms with Gasteiger partial charge >= 0.3 is 0 Å². The number of nitrogens with one attached hydrogen (secondary N) is 1. The highest BCUT2D eigenvalue weighted by atomic mass is 32.2. The van der Waals surface area contributed by atoms with E-state index in [1.165, 1.54) is 6.26 Å². The number of hydrogen-bond donors (Lipinski definition) is 1.